The number of rotatable bonds is 3. The molecule has 0 saturated carbocycles. The molecule has 0 aliphatic carbocycles. The van der Waals surface area contributed by atoms with E-state index in [0.29, 0.717) is 6.04 Å². The van der Waals surface area contributed by atoms with Crippen LogP contribution in [-0.2, 0) is 0 Å². The van der Waals surface area contributed by atoms with Crippen LogP contribution in [0.5, 0.6) is 0 Å². The summed E-state index contributed by atoms with van der Waals surface area (Å²) in [6.45, 7) is 10.9. The summed E-state index contributed by atoms with van der Waals surface area (Å²) in [5.41, 5.74) is 1.42. The molecule has 1 saturated heterocycles. The number of halogens is 1. The number of pyridine rings is 1. The van der Waals surface area contributed by atoms with Crippen LogP contribution in [0, 0.1) is 6.92 Å². The van der Waals surface area contributed by atoms with Gasteiger partial charge in [0.15, 0.2) is 0 Å². The molecule has 106 valence electrons. The van der Waals surface area contributed by atoms with Crippen LogP contribution in [0.3, 0.4) is 0 Å². The van der Waals surface area contributed by atoms with Crippen molar-refractivity contribution in [3.8, 4) is 0 Å². The number of aromatic nitrogens is 1. The van der Waals surface area contributed by atoms with Gasteiger partial charge in [0.2, 0.25) is 0 Å². The summed E-state index contributed by atoms with van der Waals surface area (Å²) in [6.07, 6.45) is 4.39. The highest BCUT2D eigenvalue weighted by Crippen LogP contribution is 2.32. The lowest BCUT2D eigenvalue weighted by Crippen LogP contribution is -2.45. The maximum absolute atomic E-state index is 4.57. The average Bonchev–Trinajstić information content (AvgIpc) is 2.77. The second kappa shape index (κ2) is 5.80. The SMILES string of the molecule is Cc1ccnc(N2CCCC2CNC(C)(C)C)c1Br. The molecule has 0 amide bonds. The van der Waals surface area contributed by atoms with Crippen LogP contribution in [-0.4, -0.2) is 29.7 Å². The molecular weight excluding hydrogens is 302 g/mol. The molecule has 4 heteroatoms. The number of nitrogens with one attached hydrogen (secondary N) is 1. The zero-order valence-electron chi connectivity index (χ0n) is 12.3. The summed E-state index contributed by atoms with van der Waals surface area (Å²) >= 11 is 3.68. The van der Waals surface area contributed by atoms with E-state index in [0.717, 1.165) is 23.4 Å². The van der Waals surface area contributed by atoms with Gasteiger partial charge in [0, 0.05) is 30.9 Å². The van der Waals surface area contributed by atoms with Crippen molar-refractivity contribution in [3.05, 3.63) is 22.3 Å². The van der Waals surface area contributed by atoms with Crippen LogP contribution in [0.1, 0.15) is 39.2 Å². The first-order valence-electron chi connectivity index (χ1n) is 7.01. The van der Waals surface area contributed by atoms with Crippen LogP contribution < -0.4 is 10.2 Å². The third-order valence-corrected chi connectivity index (χ3v) is 4.56. The third-order valence-electron chi connectivity index (χ3n) is 3.58. The van der Waals surface area contributed by atoms with Gasteiger partial charge in [-0.3, -0.25) is 0 Å². The number of nitrogens with zero attached hydrogens (tertiary/aromatic N) is 2. The molecule has 3 nitrogen and oxygen atoms in total. The van der Waals surface area contributed by atoms with Gasteiger partial charge in [0.25, 0.3) is 0 Å². The van der Waals surface area contributed by atoms with Crippen molar-refractivity contribution >= 4 is 21.7 Å². The Hall–Kier alpha value is -0.610. The van der Waals surface area contributed by atoms with Crippen molar-refractivity contribution in [2.45, 2.75) is 52.1 Å². The first kappa shape index (κ1) is 14.8. The summed E-state index contributed by atoms with van der Waals surface area (Å²) in [6, 6.07) is 2.59. The van der Waals surface area contributed by atoms with E-state index in [-0.39, 0.29) is 5.54 Å². The predicted molar refractivity (Wildman–Crippen MR) is 84.8 cm³/mol. The van der Waals surface area contributed by atoms with E-state index in [9.17, 15) is 0 Å². The van der Waals surface area contributed by atoms with Gasteiger partial charge in [-0.25, -0.2) is 4.98 Å². The molecule has 2 heterocycles. The second-order valence-corrected chi connectivity index (χ2v) is 7.18. The summed E-state index contributed by atoms with van der Waals surface area (Å²) in [4.78, 5) is 7.01. The van der Waals surface area contributed by atoms with E-state index in [1.165, 1.54) is 18.4 Å². The Labute approximate surface area is 124 Å². The van der Waals surface area contributed by atoms with Gasteiger partial charge >= 0.3 is 0 Å². The minimum absolute atomic E-state index is 0.172. The largest absolute Gasteiger partial charge is 0.351 e. The van der Waals surface area contributed by atoms with Crippen molar-refractivity contribution in [1.29, 1.82) is 0 Å². The average molecular weight is 326 g/mol. The Morgan fingerprint density at radius 3 is 2.89 bits per heavy atom. The normalized spacial score (nSPS) is 20.1. The minimum atomic E-state index is 0.172. The molecule has 0 radical (unpaired) electrons. The maximum atomic E-state index is 4.57. The Kier molecular flexibility index (Phi) is 4.51. The molecular formula is C15H24BrN3. The highest BCUT2D eigenvalue weighted by molar-refractivity contribution is 9.10. The van der Waals surface area contributed by atoms with Gasteiger partial charge in [-0.15, -0.1) is 0 Å². The van der Waals surface area contributed by atoms with Crippen LogP contribution in [0.2, 0.25) is 0 Å². The van der Waals surface area contributed by atoms with Crippen LogP contribution in [0.25, 0.3) is 0 Å². The van der Waals surface area contributed by atoms with E-state index in [1.54, 1.807) is 0 Å². The van der Waals surface area contributed by atoms with E-state index < -0.39 is 0 Å². The lowest BCUT2D eigenvalue weighted by molar-refractivity contribution is 0.404. The van der Waals surface area contributed by atoms with E-state index in [4.69, 9.17) is 0 Å². The Morgan fingerprint density at radius 1 is 1.47 bits per heavy atom. The Bertz CT molecular complexity index is 440. The van der Waals surface area contributed by atoms with Crippen LogP contribution in [0.15, 0.2) is 16.7 Å². The molecule has 1 atom stereocenters. The monoisotopic (exact) mass is 325 g/mol. The first-order chi connectivity index (χ1) is 8.88. The third kappa shape index (κ3) is 3.69. The first-order valence-corrected chi connectivity index (χ1v) is 7.80. The molecule has 1 aromatic rings. The lowest BCUT2D eigenvalue weighted by Gasteiger charge is -2.30. The molecule has 19 heavy (non-hydrogen) atoms. The van der Waals surface area contributed by atoms with E-state index >= 15 is 0 Å². The molecule has 1 unspecified atom stereocenters. The molecule has 1 aromatic heterocycles. The van der Waals surface area contributed by atoms with E-state index in [2.05, 4.69) is 58.8 Å². The lowest BCUT2D eigenvalue weighted by atomic mass is 10.1. The van der Waals surface area contributed by atoms with Crippen molar-refractivity contribution < 1.29 is 0 Å². The highest BCUT2D eigenvalue weighted by Gasteiger charge is 2.28. The molecule has 1 aliphatic rings. The molecule has 0 bridgehead atoms. The summed E-state index contributed by atoms with van der Waals surface area (Å²) in [7, 11) is 0. The molecule has 0 spiro atoms. The van der Waals surface area contributed by atoms with Gasteiger partial charge in [-0.2, -0.15) is 0 Å². The smallest absolute Gasteiger partial charge is 0.143 e. The summed E-state index contributed by atoms with van der Waals surface area (Å²) < 4.78 is 1.14. The van der Waals surface area contributed by atoms with Crippen molar-refractivity contribution in [1.82, 2.24) is 10.3 Å². The fraction of sp³-hybridized carbons (Fsp3) is 0.667. The zero-order chi connectivity index (χ0) is 14.0. The fourth-order valence-electron chi connectivity index (χ4n) is 2.48. The second-order valence-electron chi connectivity index (χ2n) is 6.39. The fourth-order valence-corrected chi connectivity index (χ4v) is 2.94. The molecule has 2 rings (SSSR count). The standard InChI is InChI=1S/C15H24BrN3/c1-11-7-8-17-14(13(11)16)19-9-5-6-12(19)10-18-15(2,3)4/h7-8,12,18H,5-6,9-10H2,1-4H3. The number of hydrogen-bond acceptors (Lipinski definition) is 3. The summed E-state index contributed by atoms with van der Waals surface area (Å²) in [5.74, 6) is 1.10. The molecule has 1 fully saturated rings. The predicted octanol–water partition coefficient (Wildman–Crippen LogP) is 3.51. The van der Waals surface area contributed by atoms with Crippen molar-refractivity contribution in [2.24, 2.45) is 0 Å². The maximum Gasteiger partial charge on any atom is 0.143 e. The van der Waals surface area contributed by atoms with Crippen molar-refractivity contribution in [3.63, 3.8) is 0 Å². The Balaban J connectivity index is 2.12. The van der Waals surface area contributed by atoms with Crippen LogP contribution >= 0.6 is 15.9 Å². The van der Waals surface area contributed by atoms with Gasteiger partial charge in [0.1, 0.15) is 5.82 Å². The minimum Gasteiger partial charge on any atom is -0.351 e. The topological polar surface area (TPSA) is 28.2 Å². The van der Waals surface area contributed by atoms with Crippen LogP contribution in [0.4, 0.5) is 5.82 Å². The van der Waals surface area contributed by atoms with Gasteiger partial charge in [-0.05, 0) is 68.1 Å². The van der Waals surface area contributed by atoms with Gasteiger partial charge in [-0.1, -0.05) is 0 Å². The summed E-state index contributed by atoms with van der Waals surface area (Å²) in [5, 5.41) is 3.61. The number of hydrogen-bond donors (Lipinski definition) is 1. The Morgan fingerprint density at radius 2 is 2.21 bits per heavy atom. The van der Waals surface area contributed by atoms with Crippen molar-refractivity contribution in [2.75, 3.05) is 18.0 Å². The van der Waals surface area contributed by atoms with E-state index in [1.807, 2.05) is 12.3 Å². The number of aryl methyl sites for hydroxylation is 1. The highest BCUT2D eigenvalue weighted by atomic mass is 79.9. The molecule has 1 N–H and O–H groups in total. The quantitative estimate of drug-likeness (QED) is 0.921. The molecule has 1 aliphatic heterocycles. The van der Waals surface area contributed by atoms with Gasteiger partial charge in [0.05, 0.1) is 4.47 Å². The van der Waals surface area contributed by atoms with Gasteiger partial charge < -0.3 is 10.2 Å². The zero-order valence-corrected chi connectivity index (χ0v) is 13.9. The number of anilines is 1. The molecule has 0 aromatic carbocycles.